The van der Waals surface area contributed by atoms with Crippen molar-refractivity contribution in [2.45, 2.75) is 12.8 Å². The molecular weight excluding hydrogens is 102 g/mol. The molecule has 1 fully saturated rings. The highest BCUT2D eigenvalue weighted by molar-refractivity contribution is 5.81. The summed E-state index contributed by atoms with van der Waals surface area (Å²) in [6.07, 6.45) is 2.44. The number of hydrogen-bond acceptors (Lipinski definition) is 2. The van der Waals surface area contributed by atoms with E-state index in [1.807, 2.05) is 0 Å². The summed E-state index contributed by atoms with van der Waals surface area (Å²) in [4.78, 5) is 4.19. The smallest absolute Gasteiger partial charge is 0.186 e. The van der Waals surface area contributed by atoms with Gasteiger partial charge >= 0.3 is 0 Å². The van der Waals surface area contributed by atoms with Crippen molar-refractivity contribution in [2.75, 3.05) is 13.2 Å². The van der Waals surface area contributed by atoms with Crippen LogP contribution in [0.3, 0.4) is 0 Å². The lowest BCUT2D eigenvalue weighted by Crippen LogP contribution is -1.99. The lowest BCUT2D eigenvalue weighted by molar-refractivity contribution is 0.341. The van der Waals surface area contributed by atoms with Crippen LogP contribution in [-0.2, 0) is 4.74 Å². The summed E-state index contributed by atoms with van der Waals surface area (Å²) in [5.74, 6) is 1.74. The zero-order valence-corrected chi connectivity index (χ0v) is 4.76. The molecule has 0 spiro atoms. The SMILES string of the molecule is C1CC2CCOC2=N1. The number of ether oxygens (including phenoxy) is 1. The molecule has 2 heteroatoms. The van der Waals surface area contributed by atoms with E-state index in [0.29, 0.717) is 5.92 Å². The normalized spacial score (nSPS) is 34.0. The van der Waals surface area contributed by atoms with Gasteiger partial charge in [-0.05, 0) is 12.8 Å². The van der Waals surface area contributed by atoms with E-state index in [1.54, 1.807) is 0 Å². The minimum atomic E-state index is 0.704. The Morgan fingerprint density at radius 1 is 1.50 bits per heavy atom. The van der Waals surface area contributed by atoms with Gasteiger partial charge < -0.3 is 4.74 Å². The Bertz CT molecular complexity index is 130. The molecule has 1 atom stereocenters. The van der Waals surface area contributed by atoms with Crippen molar-refractivity contribution in [2.24, 2.45) is 10.9 Å². The van der Waals surface area contributed by atoms with Gasteiger partial charge in [0.15, 0.2) is 5.90 Å². The first-order valence-corrected chi connectivity index (χ1v) is 3.14. The highest BCUT2D eigenvalue weighted by atomic mass is 16.5. The highest BCUT2D eigenvalue weighted by Gasteiger charge is 2.27. The van der Waals surface area contributed by atoms with Gasteiger partial charge in [-0.15, -0.1) is 0 Å². The Labute approximate surface area is 48.6 Å². The Balaban J connectivity index is 2.20. The topological polar surface area (TPSA) is 21.6 Å². The number of hydrogen-bond donors (Lipinski definition) is 0. The maximum absolute atomic E-state index is 5.23. The average molecular weight is 111 g/mol. The average Bonchev–Trinajstić information content (AvgIpc) is 2.15. The fourth-order valence-corrected chi connectivity index (χ4v) is 1.32. The molecule has 2 rings (SSSR count). The van der Waals surface area contributed by atoms with Crippen LogP contribution < -0.4 is 0 Å². The Morgan fingerprint density at radius 2 is 2.50 bits per heavy atom. The third-order valence-electron chi connectivity index (χ3n) is 1.81. The quantitative estimate of drug-likeness (QED) is 0.453. The first-order chi connectivity index (χ1) is 3.97. The molecule has 0 radical (unpaired) electrons. The summed E-state index contributed by atoms with van der Waals surface area (Å²) in [6.45, 7) is 1.91. The fourth-order valence-electron chi connectivity index (χ4n) is 1.32. The summed E-state index contributed by atoms with van der Waals surface area (Å²) in [6, 6.07) is 0. The lowest BCUT2D eigenvalue weighted by Gasteiger charge is -1.93. The van der Waals surface area contributed by atoms with Crippen molar-refractivity contribution in [3.8, 4) is 0 Å². The van der Waals surface area contributed by atoms with E-state index in [-0.39, 0.29) is 0 Å². The van der Waals surface area contributed by atoms with Crippen molar-refractivity contribution in [3.05, 3.63) is 0 Å². The van der Waals surface area contributed by atoms with Crippen LogP contribution in [0, 0.1) is 5.92 Å². The van der Waals surface area contributed by atoms with Crippen molar-refractivity contribution in [1.29, 1.82) is 0 Å². The van der Waals surface area contributed by atoms with Crippen LogP contribution in [0.5, 0.6) is 0 Å². The van der Waals surface area contributed by atoms with Crippen molar-refractivity contribution >= 4 is 5.90 Å². The summed E-state index contributed by atoms with van der Waals surface area (Å²) >= 11 is 0. The molecule has 8 heavy (non-hydrogen) atoms. The molecule has 0 saturated carbocycles. The van der Waals surface area contributed by atoms with Crippen LogP contribution in [0.4, 0.5) is 0 Å². The van der Waals surface area contributed by atoms with Gasteiger partial charge in [-0.3, -0.25) is 4.99 Å². The molecule has 0 aromatic heterocycles. The summed E-state index contributed by atoms with van der Waals surface area (Å²) in [7, 11) is 0. The van der Waals surface area contributed by atoms with E-state index in [1.165, 1.54) is 12.8 Å². The first kappa shape index (κ1) is 4.36. The Hall–Kier alpha value is -0.530. The number of aliphatic imine (C=N–C) groups is 1. The van der Waals surface area contributed by atoms with Crippen LogP contribution in [-0.4, -0.2) is 19.0 Å². The predicted octanol–water partition coefficient (Wildman–Crippen LogP) is 0.825. The second kappa shape index (κ2) is 1.47. The van der Waals surface area contributed by atoms with E-state index in [0.717, 1.165) is 19.0 Å². The summed E-state index contributed by atoms with van der Waals surface area (Å²) in [5, 5.41) is 0. The highest BCUT2D eigenvalue weighted by Crippen LogP contribution is 2.23. The predicted molar refractivity (Wildman–Crippen MR) is 31.0 cm³/mol. The molecule has 2 heterocycles. The van der Waals surface area contributed by atoms with Crippen molar-refractivity contribution in [1.82, 2.24) is 0 Å². The van der Waals surface area contributed by atoms with Crippen LogP contribution in [0.2, 0.25) is 0 Å². The van der Waals surface area contributed by atoms with Crippen molar-refractivity contribution < 1.29 is 4.74 Å². The standard InChI is InChI=1S/C6H9NO/c1-3-7-6-5(1)2-4-8-6/h5H,1-4H2. The van der Waals surface area contributed by atoms with Gasteiger partial charge in [0.1, 0.15) is 0 Å². The Kier molecular flexibility index (Phi) is 0.802. The van der Waals surface area contributed by atoms with E-state index in [4.69, 9.17) is 4.74 Å². The summed E-state index contributed by atoms with van der Waals surface area (Å²) in [5.41, 5.74) is 0. The Morgan fingerprint density at radius 3 is 3.38 bits per heavy atom. The van der Waals surface area contributed by atoms with Gasteiger partial charge in [0.25, 0.3) is 0 Å². The van der Waals surface area contributed by atoms with Crippen molar-refractivity contribution in [3.63, 3.8) is 0 Å². The van der Waals surface area contributed by atoms with Crippen LogP contribution >= 0.6 is 0 Å². The van der Waals surface area contributed by atoms with E-state index in [2.05, 4.69) is 4.99 Å². The van der Waals surface area contributed by atoms with E-state index >= 15 is 0 Å². The zero-order chi connectivity index (χ0) is 5.40. The van der Waals surface area contributed by atoms with E-state index < -0.39 is 0 Å². The van der Waals surface area contributed by atoms with Crippen LogP contribution in [0.25, 0.3) is 0 Å². The van der Waals surface area contributed by atoms with Gasteiger partial charge in [0, 0.05) is 12.5 Å². The zero-order valence-electron chi connectivity index (χ0n) is 4.76. The third kappa shape index (κ3) is 0.457. The molecule has 2 nitrogen and oxygen atoms in total. The van der Waals surface area contributed by atoms with Gasteiger partial charge in [-0.1, -0.05) is 0 Å². The molecular formula is C6H9NO. The number of rotatable bonds is 0. The molecule has 0 bridgehead atoms. The van der Waals surface area contributed by atoms with Gasteiger partial charge in [-0.25, -0.2) is 0 Å². The molecule has 0 amide bonds. The minimum absolute atomic E-state index is 0.704. The molecule has 1 unspecified atom stereocenters. The molecule has 0 aromatic rings. The maximum Gasteiger partial charge on any atom is 0.186 e. The van der Waals surface area contributed by atoms with Gasteiger partial charge in [0.2, 0.25) is 0 Å². The molecule has 44 valence electrons. The van der Waals surface area contributed by atoms with Gasteiger partial charge in [0.05, 0.1) is 6.61 Å². The molecule has 0 aromatic carbocycles. The first-order valence-electron chi connectivity index (χ1n) is 3.14. The molecule has 0 aliphatic carbocycles. The second-order valence-corrected chi connectivity index (χ2v) is 2.34. The molecule has 1 saturated heterocycles. The number of nitrogens with zero attached hydrogens (tertiary/aromatic N) is 1. The summed E-state index contributed by atoms with van der Waals surface area (Å²) < 4.78 is 5.23. The molecule has 2 aliphatic heterocycles. The maximum atomic E-state index is 5.23. The van der Waals surface area contributed by atoms with E-state index in [9.17, 15) is 0 Å². The largest absolute Gasteiger partial charge is 0.481 e. The minimum Gasteiger partial charge on any atom is -0.481 e. The van der Waals surface area contributed by atoms with Gasteiger partial charge in [-0.2, -0.15) is 0 Å². The third-order valence-corrected chi connectivity index (χ3v) is 1.81. The van der Waals surface area contributed by atoms with Crippen LogP contribution in [0.15, 0.2) is 4.99 Å². The number of fused-ring (bicyclic) bond motifs is 1. The molecule has 2 aliphatic rings. The fraction of sp³-hybridized carbons (Fsp3) is 0.833. The monoisotopic (exact) mass is 111 g/mol. The molecule has 0 N–H and O–H groups in total. The lowest BCUT2D eigenvalue weighted by atomic mass is 10.1. The second-order valence-electron chi connectivity index (χ2n) is 2.34. The van der Waals surface area contributed by atoms with Crippen LogP contribution in [0.1, 0.15) is 12.8 Å².